The third kappa shape index (κ3) is 4.00. The summed E-state index contributed by atoms with van der Waals surface area (Å²) in [5.41, 5.74) is 0.733. The van der Waals surface area contributed by atoms with Crippen LogP contribution in [0, 0.1) is 19.7 Å². The van der Waals surface area contributed by atoms with Gasteiger partial charge in [-0.15, -0.1) is 0 Å². The summed E-state index contributed by atoms with van der Waals surface area (Å²) in [6.45, 7) is 4.93. The average molecular weight is 354 g/mol. The predicted octanol–water partition coefficient (Wildman–Crippen LogP) is 5.71. The summed E-state index contributed by atoms with van der Waals surface area (Å²) in [7, 11) is 0. The Hall–Kier alpha value is -2.37. The molecule has 2 aromatic rings. The van der Waals surface area contributed by atoms with E-state index in [9.17, 15) is 22.4 Å². The van der Waals surface area contributed by atoms with Crippen LogP contribution in [0.3, 0.4) is 0 Å². The number of carboxylic acids is 1. The minimum atomic E-state index is -4.87. The second-order valence-corrected chi connectivity index (χ2v) is 6.19. The van der Waals surface area contributed by atoms with Crippen molar-refractivity contribution in [3.05, 3.63) is 58.4 Å². The minimum absolute atomic E-state index is 0.233. The van der Waals surface area contributed by atoms with Crippen molar-refractivity contribution < 1.29 is 27.5 Å². The summed E-state index contributed by atoms with van der Waals surface area (Å²) in [6, 6.07) is 7.43. The summed E-state index contributed by atoms with van der Waals surface area (Å²) in [6.07, 6.45) is -5.32. The molecular formula is C19H18F4O2. The first-order valence-electron chi connectivity index (χ1n) is 7.71. The van der Waals surface area contributed by atoms with Crippen molar-refractivity contribution in [1.82, 2.24) is 0 Å². The zero-order valence-corrected chi connectivity index (χ0v) is 14.0. The number of alkyl halides is 3. The molecule has 0 aromatic heterocycles. The standard InChI is InChI=1S/C19H18F4O2/c1-10-5-4-6-11(2)17(10)13-8-14(12(3)7-16(24)25)18(20)15(9-13)19(21,22)23/h4-6,8-9,12H,7H2,1-3H3,(H,24,25)/t12-/m0/s1. The van der Waals surface area contributed by atoms with E-state index in [4.69, 9.17) is 5.11 Å². The van der Waals surface area contributed by atoms with Crippen LogP contribution in [0.4, 0.5) is 17.6 Å². The van der Waals surface area contributed by atoms with E-state index in [0.29, 0.717) is 5.56 Å². The Morgan fingerprint density at radius 3 is 2.20 bits per heavy atom. The highest BCUT2D eigenvalue weighted by molar-refractivity contribution is 5.73. The Bertz CT molecular complexity index is 790. The number of aryl methyl sites for hydroxylation is 2. The Kier molecular flexibility index (Phi) is 5.20. The normalized spacial score (nSPS) is 12.9. The van der Waals surface area contributed by atoms with Gasteiger partial charge in [-0.1, -0.05) is 25.1 Å². The number of aliphatic carboxylic acids is 1. The van der Waals surface area contributed by atoms with E-state index in [0.717, 1.165) is 17.2 Å². The van der Waals surface area contributed by atoms with Gasteiger partial charge in [0, 0.05) is 0 Å². The Labute approximate surface area is 143 Å². The minimum Gasteiger partial charge on any atom is -0.481 e. The predicted molar refractivity (Wildman–Crippen MR) is 87.0 cm³/mol. The number of hydrogen-bond acceptors (Lipinski definition) is 1. The molecular weight excluding hydrogens is 336 g/mol. The van der Waals surface area contributed by atoms with Crippen molar-refractivity contribution in [1.29, 1.82) is 0 Å². The summed E-state index contributed by atoms with van der Waals surface area (Å²) in [5.74, 6) is -3.49. The first kappa shape index (κ1) is 19.0. The van der Waals surface area contributed by atoms with Gasteiger partial charge < -0.3 is 5.11 Å². The van der Waals surface area contributed by atoms with Gasteiger partial charge in [-0.25, -0.2) is 4.39 Å². The van der Waals surface area contributed by atoms with Crippen molar-refractivity contribution in [2.75, 3.05) is 0 Å². The maximum atomic E-state index is 14.5. The van der Waals surface area contributed by atoms with E-state index < -0.39 is 35.9 Å². The van der Waals surface area contributed by atoms with Crippen LogP contribution >= 0.6 is 0 Å². The lowest BCUT2D eigenvalue weighted by atomic mass is 9.88. The van der Waals surface area contributed by atoms with Crippen LogP contribution in [-0.2, 0) is 11.0 Å². The molecule has 0 unspecified atom stereocenters. The first-order chi connectivity index (χ1) is 11.5. The molecule has 25 heavy (non-hydrogen) atoms. The van der Waals surface area contributed by atoms with Gasteiger partial charge in [-0.3, -0.25) is 4.79 Å². The summed E-state index contributed by atoms with van der Waals surface area (Å²) < 4.78 is 54.3. The van der Waals surface area contributed by atoms with Gasteiger partial charge >= 0.3 is 12.1 Å². The molecule has 0 aliphatic carbocycles. The highest BCUT2D eigenvalue weighted by Crippen LogP contribution is 2.39. The molecule has 2 nitrogen and oxygen atoms in total. The fraction of sp³-hybridized carbons (Fsp3) is 0.316. The number of benzene rings is 2. The third-order valence-electron chi connectivity index (χ3n) is 4.19. The molecule has 1 N–H and O–H groups in total. The molecule has 0 fully saturated rings. The van der Waals surface area contributed by atoms with E-state index in [2.05, 4.69) is 0 Å². The van der Waals surface area contributed by atoms with Gasteiger partial charge in [0.15, 0.2) is 0 Å². The lowest BCUT2D eigenvalue weighted by Crippen LogP contribution is -2.13. The topological polar surface area (TPSA) is 37.3 Å². The average Bonchev–Trinajstić information content (AvgIpc) is 2.46. The highest BCUT2D eigenvalue weighted by atomic mass is 19.4. The molecule has 0 heterocycles. The molecule has 0 aliphatic rings. The van der Waals surface area contributed by atoms with Gasteiger partial charge in [0.25, 0.3) is 0 Å². The maximum absolute atomic E-state index is 14.5. The largest absolute Gasteiger partial charge is 0.481 e. The van der Waals surface area contributed by atoms with Crippen LogP contribution in [-0.4, -0.2) is 11.1 Å². The molecule has 0 spiro atoms. The second kappa shape index (κ2) is 6.86. The molecule has 1 atom stereocenters. The molecule has 6 heteroatoms. The van der Waals surface area contributed by atoms with Crippen molar-refractivity contribution in [2.24, 2.45) is 0 Å². The number of carboxylic acid groups (broad SMARTS) is 1. The molecule has 0 aliphatic heterocycles. The van der Waals surface area contributed by atoms with Crippen LogP contribution in [0.2, 0.25) is 0 Å². The SMILES string of the molecule is Cc1cccc(C)c1-c1cc([C@@H](C)CC(=O)O)c(F)c(C(F)(F)F)c1. The molecule has 2 aromatic carbocycles. The highest BCUT2D eigenvalue weighted by Gasteiger charge is 2.36. The van der Waals surface area contributed by atoms with Crippen molar-refractivity contribution in [3.8, 4) is 11.1 Å². The lowest BCUT2D eigenvalue weighted by molar-refractivity contribution is -0.140. The fourth-order valence-electron chi connectivity index (χ4n) is 3.00. The summed E-state index contributed by atoms with van der Waals surface area (Å²) in [4.78, 5) is 10.9. The zero-order chi connectivity index (χ0) is 18.9. The van der Waals surface area contributed by atoms with Crippen LogP contribution < -0.4 is 0 Å². The summed E-state index contributed by atoms with van der Waals surface area (Å²) >= 11 is 0. The number of hydrogen-bond donors (Lipinski definition) is 1. The van der Waals surface area contributed by atoms with Crippen LogP contribution in [0.5, 0.6) is 0 Å². The van der Waals surface area contributed by atoms with Gasteiger partial charge in [-0.05, 0) is 59.7 Å². The van der Waals surface area contributed by atoms with Crippen LogP contribution in [0.1, 0.15) is 41.5 Å². The lowest BCUT2D eigenvalue weighted by Gasteiger charge is -2.19. The molecule has 134 valence electrons. The molecule has 2 rings (SSSR count). The van der Waals surface area contributed by atoms with Crippen LogP contribution in [0.25, 0.3) is 11.1 Å². The van der Waals surface area contributed by atoms with E-state index in [1.807, 2.05) is 0 Å². The molecule has 0 amide bonds. The Morgan fingerprint density at radius 1 is 1.16 bits per heavy atom. The molecule has 0 saturated carbocycles. The fourth-order valence-corrected chi connectivity index (χ4v) is 3.00. The number of halogens is 4. The monoisotopic (exact) mass is 354 g/mol. The van der Waals surface area contributed by atoms with Crippen molar-refractivity contribution >= 4 is 5.97 Å². The van der Waals surface area contributed by atoms with E-state index >= 15 is 0 Å². The zero-order valence-electron chi connectivity index (χ0n) is 14.0. The number of rotatable bonds is 4. The Morgan fingerprint density at radius 2 is 1.72 bits per heavy atom. The maximum Gasteiger partial charge on any atom is 0.419 e. The first-order valence-corrected chi connectivity index (χ1v) is 7.71. The van der Waals surface area contributed by atoms with E-state index in [1.165, 1.54) is 13.0 Å². The van der Waals surface area contributed by atoms with Gasteiger partial charge in [-0.2, -0.15) is 13.2 Å². The molecule has 0 bridgehead atoms. The quantitative estimate of drug-likeness (QED) is 0.715. The molecule has 0 saturated heterocycles. The molecule has 0 radical (unpaired) electrons. The Balaban J connectivity index is 2.76. The number of carbonyl (C=O) groups is 1. The van der Waals surface area contributed by atoms with Crippen LogP contribution in [0.15, 0.2) is 30.3 Å². The van der Waals surface area contributed by atoms with E-state index in [1.54, 1.807) is 32.0 Å². The summed E-state index contributed by atoms with van der Waals surface area (Å²) in [5, 5.41) is 8.90. The van der Waals surface area contributed by atoms with E-state index in [-0.39, 0.29) is 11.1 Å². The van der Waals surface area contributed by atoms with Crippen molar-refractivity contribution in [3.63, 3.8) is 0 Å². The smallest absolute Gasteiger partial charge is 0.419 e. The van der Waals surface area contributed by atoms with Gasteiger partial charge in [0.1, 0.15) is 5.82 Å². The second-order valence-electron chi connectivity index (χ2n) is 6.19. The van der Waals surface area contributed by atoms with Gasteiger partial charge in [0.05, 0.1) is 12.0 Å². The van der Waals surface area contributed by atoms with Crippen molar-refractivity contribution in [2.45, 2.75) is 39.3 Å². The third-order valence-corrected chi connectivity index (χ3v) is 4.19. The van der Waals surface area contributed by atoms with Gasteiger partial charge in [0.2, 0.25) is 0 Å².